The van der Waals surface area contributed by atoms with E-state index in [-0.39, 0.29) is 0 Å². The van der Waals surface area contributed by atoms with Crippen molar-refractivity contribution in [3.63, 3.8) is 0 Å². The van der Waals surface area contributed by atoms with Crippen LogP contribution >= 0.6 is 35.4 Å². The monoisotopic (exact) mass is 190 g/mol. The van der Waals surface area contributed by atoms with Gasteiger partial charge < -0.3 is 0 Å². The summed E-state index contributed by atoms with van der Waals surface area (Å²) >= 11 is 16.2. The summed E-state index contributed by atoms with van der Waals surface area (Å²) in [5, 5.41) is 2.58. The summed E-state index contributed by atoms with van der Waals surface area (Å²) in [6.07, 6.45) is 0. The van der Waals surface area contributed by atoms with Crippen molar-refractivity contribution in [2.24, 2.45) is 0 Å². The van der Waals surface area contributed by atoms with E-state index in [2.05, 4.69) is 0 Å². The highest BCUT2D eigenvalue weighted by Gasteiger charge is 1.99. The molecule has 0 aliphatic heterocycles. The van der Waals surface area contributed by atoms with Gasteiger partial charge in [0.05, 0.1) is 10.0 Å². The first-order valence-corrected chi connectivity index (χ1v) is 3.87. The molecule has 0 aliphatic carbocycles. The second-order valence-electron chi connectivity index (χ2n) is 1.76. The third kappa shape index (κ3) is 1.48. The number of benzene rings is 1. The largest absolute Gasteiger partial charge is 0.0880 e. The van der Waals surface area contributed by atoms with E-state index in [0.717, 1.165) is 5.56 Å². The maximum atomic E-state index is 5.76. The molecule has 0 nitrogen and oxygen atoms in total. The van der Waals surface area contributed by atoms with Crippen LogP contribution in [0.3, 0.4) is 0 Å². The Hall–Kier alpha value is -0.110. The molecule has 52 valence electrons. The molecule has 10 heavy (non-hydrogen) atoms. The molecule has 0 heterocycles. The Labute approximate surface area is 74.8 Å². The SMILES string of the molecule is S=Cc1cccc(Cl)c1Cl. The summed E-state index contributed by atoms with van der Waals surface area (Å²) in [6.45, 7) is 0. The minimum Gasteiger partial charge on any atom is -0.0880 e. The Morgan fingerprint density at radius 1 is 1.30 bits per heavy atom. The molecule has 0 aromatic heterocycles. The molecule has 0 radical (unpaired) electrons. The van der Waals surface area contributed by atoms with Gasteiger partial charge in [-0.15, -0.1) is 0 Å². The van der Waals surface area contributed by atoms with E-state index in [1.54, 1.807) is 6.07 Å². The molecule has 0 bridgehead atoms. The number of rotatable bonds is 1. The fraction of sp³-hybridized carbons (Fsp3) is 0. The molecule has 0 N–H and O–H groups in total. The Morgan fingerprint density at radius 3 is 2.50 bits per heavy atom. The molecule has 0 unspecified atom stereocenters. The fourth-order valence-electron chi connectivity index (χ4n) is 0.611. The molecule has 0 saturated heterocycles. The molecule has 0 atom stereocenters. The normalized spacial score (nSPS) is 9.40. The van der Waals surface area contributed by atoms with Gasteiger partial charge in [-0.3, -0.25) is 0 Å². The predicted octanol–water partition coefficient (Wildman–Crippen LogP) is 3.34. The van der Waals surface area contributed by atoms with Gasteiger partial charge in [0.15, 0.2) is 0 Å². The highest BCUT2D eigenvalue weighted by molar-refractivity contribution is 7.79. The summed E-state index contributed by atoms with van der Waals surface area (Å²) < 4.78 is 0. The maximum absolute atomic E-state index is 5.76. The molecule has 0 saturated carbocycles. The van der Waals surface area contributed by atoms with Crippen molar-refractivity contribution >= 4 is 40.8 Å². The standard InChI is InChI=1S/C7H4Cl2S/c8-6-3-1-2-5(4-10)7(6)9/h1-4H. The highest BCUT2D eigenvalue weighted by Crippen LogP contribution is 2.23. The van der Waals surface area contributed by atoms with Crippen LogP contribution in [0.5, 0.6) is 0 Å². The summed E-state index contributed by atoms with van der Waals surface area (Å²) in [6, 6.07) is 5.36. The van der Waals surface area contributed by atoms with Crippen LogP contribution in [0.1, 0.15) is 5.56 Å². The number of hydrogen-bond donors (Lipinski definition) is 0. The summed E-state index contributed by atoms with van der Waals surface area (Å²) in [7, 11) is 0. The van der Waals surface area contributed by atoms with Crippen LogP contribution in [0.2, 0.25) is 10.0 Å². The van der Waals surface area contributed by atoms with E-state index in [9.17, 15) is 0 Å². The molecule has 1 aromatic rings. The van der Waals surface area contributed by atoms with Crippen molar-refractivity contribution in [1.29, 1.82) is 0 Å². The van der Waals surface area contributed by atoms with Gasteiger partial charge >= 0.3 is 0 Å². The highest BCUT2D eigenvalue weighted by atomic mass is 35.5. The Bertz CT molecular complexity index is 258. The number of halogens is 2. The lowest BCUT2D eigenvalue weighted by atomic mass is 10.2. The number of thiocarbonyl (C=S) groups is 1. The number of hydrogen-bond acceptors (Lipinski definition) is 1. The second kappa shape index (κ2) is 3.33. The minimum atomic E-state index is 0.527. The van der Waals surface area contributed by atoms with Crippen LogP contribution in [-0.4, -0.2) is 5.37 Å². The van der Waals surface area contributed by atoms with Crippen LogP contribution in [0.15, 0.2) is 18.2 Å². The van der Waals surface area contributed by atoms with Gasteiger partial charge in [-0.2, -0.15) is 0 Å². The van der Waals surface area contributed by atoms with Gasteiger partial charge in [0.2, 0.25) is 0 Å². The Kier molecular flexibility index (Phi) is 2.66. The van der Waals surface area contributed by atoms with Crippen LogP contribution < -0.4 is 0 Å². The van der Waals surface area contributed by atoms with Crippen molar-refractivity contribution in [3.05, 3.63) is 33.8 Å². The molecule has 3 heteroatoms. The van der Waals surface area contributed by atoms with Gasteiger partial charge in [0.25, 0.3) is 0 Å². The first kappa shape index (κ1) is 7.99. The van der Waals surface area contributed by atoms with Crippen molar-refractivity contribution in [1.82, 2.24) is 0 Å². The van der Waals surface area contributed by atoms with Crippen molar-refractivity contribution in [3.8, 4) is 0 Å². The third-order valence-corrected chi connectivity index (χ3v) is 2.20. The van der Waals surface area contributed by atoms with Crippen molar-refractivity contribution < 1.29 is 0 Å². The summed E-state index contributed by atoms with van der Waals surface area (Å²) in [5.74, 6) is 0. The average Bonchev–Trinajstić information content (AvgIpc) is 1.95. The maximum Gasteiger partial charge on any atom is 0.0672 e. The summed E-state index contributed by atoms with van der Waals surface area (Å²) in [4.78, 5) is 0. The van der Waals surface area contributed by atoms with Crippen LogP contribution in [0, 0.1) is 0 Å². The fourth-order valence-corrected chi connectivity index (χ4v) is 1.23. The minimum absolute atomic E-state index is 0.527. The molecule has 0 aliphatic rings. The zero-order valence-corrected chi connectivity index (χ0v) is 7.30. The zero-order chi connectivity index (χ0) is 7.56. The van der Waals surface area contributed by atoms with Crippen LogP contribution in [0.4, 0.5) is 0 Å². The van der Waals surface area contributed by atoms with Gasteiger partial charge in [0.1, 0.15) is 0 Å². The van der Waals surface area contributed by atoms with E-state index >= 15 is 0 Å². The first-order valence-electron chi connectivity index (χ1n) is 2.65. The Balaban J connectivity index is 3.27. The van der Waals surface area contributed by atoms with Crippen molar-refractivity contribution in [2.75, 3.05) is 0 Å². The molecule has 1 rings (SSSR count). The lowest BCUT2D eigenvalue weighted by Gasteiger charge is -1.96. The van der Waals surface area contributed by atoms with E-state index < -0.39 is 0 Å². The van der Waals surface area contributed by atoms with Gasteiger partial charge in [-0.05, 0) is 6.07 Å². The van der Waals surface area contributed by atoms with E-state index in [1.165, 1.54) is 5.37 Å². The average molecular weight is 191 g/mol. The third-order valence-electron chi connectivity index (χ3n) is 1.11. The molecule has 0 fully saturated rings. The van der Waals surface area contributed by atoms with E-state index in [1.807, 2.05) is 12.1 Å². The molecular weight excluding hydrogens is 187 g/mol. The summed E-state index contributed by atoms with van der Waals surface area (Å²) in [5.41, 5.74) is 0.796. The first-order chi connectivity index (χ1) is 4.75. The van der Waals surface area contributed by atoms with Gasteiger partial charge in [0, 0.05) is 10.9 Å². The second-order valence-corrected chi connectivity index (χ2v) is 2.78. The van der Waals surface area contributed by atoms with E-state index in [0.29, 0.717) is 10.0 Å². The lowest BCUT2D eigenvalue weighted by molar-refractivity contribution is 1.68. The lowest BCUT2D eigenvalue weighted by Crippen LogP contribution is -1.79. The Morgan fingerprint density at radius 2 is 2.00 bits per heavy atom. The van der Waals surface area contributed by atoms with Crippen LogP contribution in [-0.2, 0) is 0 Å². The van der Waals surface area contributed by atoms with Gasteiger partial charge in [-0.25, -0.2) is 0 Å². The molecular formula is C7H4Cl2S. The molecule has 0 spiro atoms. The topological polar surface area (TPSA) is 0 Å². The molecule has 1 aromatic carbocycles. The van der Waals surface area contributed by atoms with Crippen molar-refractivity contribution in [2.45, 2.75) is 0 Å². The quantitative estimate of drug-likeness (QED) is 0.613. The van der Waals surface area contributed by atoms with E-state index in [4.69, 9.17) is 35.4 Å². The van der Waals surface area contributed by atoms with Gasteiger partial charge in [-0.1, -0.05) is 47.6 Å². The zero-order valence-electron chi connectivity index (χ0n) is 4.97. The smallest absolute Gasteiger partial charge is 0.0672 e. The van der Waals surface area contributed by atoms with Crippen LogP contribution in [0.25, 0.3) is 0 Å². The molecule has 0 amide bonds. The predicted molar refractivity (Wildman–Crippen MR) is 49.2 cm³/mol.